The topological polar surface area (TPSA) is 54.8 Å². The monoisotopic (exact) mass is 340 g/mol. The van der Waals surface area contributed by atoms with Crippen LogP contribution in [-0.4, -0.2) is 47.4 Å². The summed E-state index contributed by atoms with van der Waals surface area (Å²) in [5.74, 6) is 0.514. The fourth-order valence-electron chi connectivity index (χ4n) is 4.23. The average Bonchev–Trinajstić information content (AvgIpc) is 2.63. The van der Waals surface area contributed by atoms with Crippen LogP contribution in [0.2, 0.25) is 0 Å². The van der Waals surface area contributed by atoms with Crippen molar-refractivity contribution in [3.8, 4) is 5.88 Å². The molecule has 0 spiro atoms. The van der Waals surface area contributed by atoms with Gasteiger partial charge in [-0.2, -0.15) is 0 Å². The first-order chi connectivity index (χ1) is 12.2. The second-order valence-corrected chi connectivity index (χ2v) is 7.00. The van der Waals surface area contributed by atoms with Gasteiger partial charge in [-0.25, -0.2) is 4.98 Å². The molecule has 2 saturated heterocycles. The zero-order chi connectivity index (χ0) is 17.3. The normalized spacial score (nSPS) is 29.4. The molecular weight excluding hydrogens is 316 g/mol. The second-order valence-electron chi connectivity index (χ2n) is 7.00. The number of fused-ring (bicyclic) bond motifs is 2. The van der Waals surface area contributed by atoms with Crippen LogP contribution in [0.15, 0.2) is 48.7 Å². The average molecular weight is 340 g/mol. The minimum absolute atomic E-state index is 0.183. The highest BCUT2D eigenvalue weighted by molar-refractivity contribution is 5.33. The van der Waals surface area contributed by atoms with Crippen LogP contribution in [0.5, 0.6) is 5.88 Å². The summed E-state index contributed by atoms with van der Waals surface area (Å²) >= 11 is 0. The Hall–Kier alpha value is -1.95. The van der Waals surface area contributed by atoms with Crippen LogP contribution in [0.3, 0.4) is 0 Å². The molecule has 3 heterocycles. The van der Waals surface area contributed by atoms with Crippen molar-refractivity contribution in [2.75, 3.05) is 20.3 Å². The van der Waals surface area contributed by atoms with Crippen molar-refractivity contribution in [1.82, 2.24) is 9.88 Å². The van der Waals surface area contributed by atoms with Gasteiger partial charge in [0.25, 0.3) is 0 Å². The predicted molar refractivity (Wildman–Crippen MR) is 94.3 cm³/mol. The van der Waals surface area contributed by atoms with Crippen molar-refractivity contribution in [3.05, 3.63) is 59.8 Å². The molecule has 4 rings (SSSR count). The highest BCUT2D eigenvalue weighted by Crippen LogP contribution is 2.43. The maximum Gasteiger partial charge on any atom is 0.219 e. The number of ether oxygens (including phenoxy) is 2. The number of aliphatic hydroxyl groups is 1. The van der Waals surface area contributed by atoms with E-state index < -0.39 is 5.60 Å². The van der Waals surface area contributed by atoms with Gasteiger partial charge in [-0.05, 0) is 30.5 Å². The van der Waals surface area contributed by atoms with E-state index >= 15 is 0 Å². The molecule has 2 aromatic rings. The van der Waals surface area contributed by atoms with Crippen molar-refractivity contribution in [3.63, 3.8) is 0 Å². The Labute approximate surface area is 148 Å². The lowest BCUT2D eigenvalue weighted by Crippen LogP contribution is -2.60. The van der Waals surface area contributed by atoms with Crippen LogP contribution < -0.4 is 4.74 Å². The summed E-state index contributed by atoms with van der Waals surface area (Å²) in [4.78, 5) is 6.75. The molecule has 0 saturated carbocycles. The molecule has 2 fully saturated rings. The summed E-state index contributed by atoms with van der Waals surface area (Å²) in [6, 6.07) is 14.6. The number of morpholine rings is 1. The number of piperidine rings is 1. The Morgan fingerprint density at radius 2 is 1.88 bits per heavy atom. The summed E-state index contributed by atoms with van der Waals surface area (Å²) in [6.07, 6.45) is 2.94. The number of pyridine rings is 1. The van der Waals surface area contributed by atoms with Gasteiger partial charge in [0.1, 0.15) is 0 Å². The van der Waals surface area contributed by atoms with Gasteiger partial charge < -0.3 is 14.6 Å². The fraction of sp³-hybridized carbons (Fsp3) is 0.450. The lowest BCUT2D eigenvalue weighted by Gasteiger charge is -2.51. The summed E-state index contributed by atoms with van der Waals surface area (Å²) in [5.41, 5.74) is 1.16. The van der Waals surface area contributed by atoms with E-state index in [1.807, 2.05) is 18.2 Å². The van der Waals surface area contributed by atoms with Crippen LogP contribution in [0.4, 0.5) is 0 Å². The van der Waals surface area contributed by atoms with E-state index in [2.05, 4.69) is 34.1 Å². The maximum atomic E-state index is 11.4. The van der Waals surface area contributed by atoms with E-state index in [0.29, 0.717) is 31.9 Å². The third kappa shape index (κ3) is 3.15. The summed E-state index contributed by atoms with van der Waals surface area (Å²) in [5, 5.41) is 11.4. The molecule has 2 bridgehead atoms. The number of methoxy groups -OCH3 is 1. The van der Waals surface area contributed by atoms with Crippen LogP contribution in [-0.2, 0) is 16.9 Å². The SMILES string of the molecule is COc1ncccc1C1(O)CC2COCC(C1)N2Cc1ccccc1. The lowest BCUT2D eigenvalue weighted by atomic mass is 9.77. The molecule has 2 aliphatic rings. The number of hydrogen-bond donors (Lipinski definition) is 1. The predicted octanol–water partition coefficient (Wildman–Crippen LogP) is 2.34. The lowest BCUT2D eigenvalue weighted by molar-refractivity contribution is -0.150. The highest BCUT2D eigenvalue weighted by atomic mass is 16.5. The molecule has 2 unspecified atom stereocenters. The van der Waals surface area contributed by atoms with E-state index in [1.165, 1.54) is 5.56 Å². The van der Waals surface area contributed by atoms with Gasteiger partial charge in [0.15, 0.2) is 0 Å². The Kier molecular flexibility index (Phi) is 4.46. The number of hydrogen-bond acceptors (Lipinski definition) is 5. The quantitative estimate of drug-likeness (QED) is 0.926. The fourth-order valence-corrected chi connectivity index (χ4v) is 4.23. The molecule has 1 N–H and O–H groups in total. The van der Waals surface area contributed by atoms with Gasteiger partial charge >= 0.3 is 0 Å². The molecule has 2 aliphatic heterocycles. The highest BCUT2D eigenvalue weighted by Gasteiger charge is 2.48. The summed E-state index contributed by atoms with van der Waals surface area (Å²) in [7, 11) is 1.60. The first-order valence-corrected chi connectivity index (χ1v) is 8.79. The number of nitrogens with zero attached hydrogens (tertiary/aromatic N) is 2. The van der Waals surface area contributed by atoms with Crippen LogP contribution in [0, 0.1) is 0 Å². The largest absolute Gasteiger partial charge is 0.481 e. The molecule has 0 aliphatic carbocycles. The van der Waals surface area contributed by atoms with Crippen molar-refractivity contribution in [2.24, 2.45) is 0 Å². The Balaban J connectivity index is 1.60. The van der Waals surface area contributed by atoms with E-state index in [-0.39, 0.29) is 12.1 Å². The zero-order valence-electron chi connectivity index (χ0n) is 14.5. The minimum atomic E-state index is -0.925. The van der Waals surface area contributed by atoms with Crippen LogP contribution in [0.25, 0.3) is 0 Å². The Morgan fingerprint density at radius 1 is 1.16 bits per heavy atom. The standard InChI is InChI=1S/C20H24N2O3/c1-24-19-18(8-5-9-21-19)20(23)10-16-13-25-14-17(11-20)22(16)12-15-6-3-2-4-7-15/h2-9,16-17,23H,10-14H2,1H3. The van der Waals surface area contributed by atoms with Crippen LogP contribution >= 0.6 is 0 Å². The second kappa shape index (κ2) is 6.75. The Morgan fingerprint density at radius 3 is 2.56 bits per heavy atom. The number of rotatable bonds is 4. The van der Waals surface area contributed by atoms with E-state index in [9.17, 15) is 5.11 Å². The molecule has 0 radical (unpaired) electrons. The third-order valence-corrected chi connectivity index (χ3v) is 5.38. The van der Waals surface area contributed by atoms with Crippen molar-refractivity contribution >= 4 is 0 Å². The van der Waals surface area contributed by atoms with Gasteiger partial charge in [0.2, 0.25) is 5.88 Å². The first kappa shape index (κ1) is 16.5. The molecule has 25 heavy (non-hydrogen) atoms. The van der Waals surface area contributed by atoms with E-state index in [1.54, 1.807) is 13.3 Å². The van der Waals surface area contributed by atoms with Crippen molar-refractivity contribution in [1.29, 1.82) is 0 Å². The summed E-state index contributed by atoms with van der Waals surface area (Å²) < 4.78 is 11.2. The van der Waals surface area contributed by atoms with Gasteiger partial charge in [-0.1, -0.05) is 30.3 Å². The molecule has 1 aromatic heterocycles. The molecule has 5 nitrogen and oxygen atoms in total. The van der Waals surface area contributed by atoms with Gasteiger partial charge in [0, 0.05) is 30.4 Å². The number of aromatic nitrogens is 1. The van der Waals surface area contributed by atoms with E-state index in [4.69, 9.17) is 9.47 Å². The molecule has 0 amide bonds. The molecule has 2 atom stereocenters. The smallest absolute Gasteiger partial charge is 0.219 e. The van der Waals surface area contributed by atoms with Crippen molar-refractivity contribution < 1.29 is 14.6 Å². The molecule has 5 heteroatoms. The molecule has 132 valence electrons. The van der Waals surface area contributed by atoms with E-state index in [0.717, 1.165) is 12.1 Å². The number of benzene rings is 1. The molecular formula is C20H24N2O3. The van der Waals surface area contributed by atoms with Gasteiger partial charge in [-0.3, -0.25) is 4.90 Å². The van der Waals surface area contributed by atoms with Crippen molar-refractivity contribution in [2.45, 2.75) is 37.1 Å². The zero-order valence-corrected chi connectivity index (χ0v) is 14.5. The first-order valence-electron chi connectivity index (χ1n) is 8.79. The summed E-state index contributed by atoms with van der Waals surface area (Å²) in [6.45, 7) is 2.18. The Bertz CT molecular complexity index is 708. The van der Waals surface area contributed by atoms with Gasteiger partial charge in [0.05, 0.1) is 25.9 Å². The minimum Gasteiger partial charge on any atom is -0.481 e. The third-order valence-electron chi connectivity index (χ3n) is 5.38. The van der Waals surface area contributed by atoms with Crippen LogP contribution in [0.1, 0.15) is 24.0 Å². The molecule has 1 aromatic carbocycles. The van der Waals surface area contributed by atoms with Gasteiger partial charge in [-0.15, -0.1) is 0 Å². The maximum absolute atomic E-state index is 11.4.